The van der Waals surface area contributed by atoms with Crippen molar-refractivity contribution in [2.45, 2.75) is 6.61 Å². The van der Waals surface area contributed by atoms with Crippen LogP contribution in [0.1, 0.15) is 5.76 Å². The van der Waals surface area contributed by atoms with Crippen LogP contribution >= 0.6 is 23.2 Å². The molecule has 0 aliphatic heterocycles. The first-order valence-electron chi connectivity index (χ1n) is 7.50. The lowest BCUT2D eigenvalue weighted by atomic mass is 10.2. The lowest BCUT2D eigenvalue weighted by Crippen LogP contribution is -2.14. The highest BCUT2D eigenvalue weighted by molar-refractivity contribution is 6.43. The van der Waals surface area contributed by atoms with Gasteiger partial charge in [-0.05, 0) is 36.4 Å². The van der Waals surface area contributed by atoms with E-state index in [4.69, 9.17) is 37.1 Å². The molecule has 4 nitrogen and oxygen atoms in total. The van der Waals surface area contributed by atoms with Crippen LogP contribution in [0.5, 0.6) is 5.75 Å². The van der Waals surface area contributed by atoms with E-state index in [0.717, 1.165) is 0 Å². The Labute approximate surface area is 154 Å². The molecule has 2 aromatic carbocycles. The standard InChI is InChI=1S/C19H14Cl2O4/c20-16-8-4-7-15(19(16)21)17-10-9-14(25-17)11-24-18(22)12-23-13-5-2-1-3-6-13/h1-10H,11-12H2. The molecule has 0 fully saturated rings. The van der Waals surface area contributed by atoms with Crippen molar-refractivity contribution in [2.75, 3.05) is 6.61 Å². The molecule has 1 heterocycles. The number of hydrogen-bond acceptors (Lipinski definition) is 4. The summed E-state index contributed by atoms with van der Waals surface area (Å²) in [5.41, 5.74) is 0.680. The molecule has 128 valence electrons. The smallest absolute Gasteiger partial charge is 0.344 e. The van der Waals surface area contributed by atoms with Crippen LogP contribution < -0.4 is 4.74 Å². The molecule has 25 heavy (non-hydrogen) atoms. The molecule has 0 atom stereocenters. The maximum absolute atomic E-state index is 11.7. The fraction of sp³-hybridized carbons (Fsp3) is 0.105. The van der Waals surface area contributed by atoms with Crippen LogP contribution in [0.25, 0.3) is 11.3 Å². The number of halogens is 2. The normalized spacial score (nSPS) is 10.5. The molecule has 0 aliphatic carbocycles. The quantitative estimate of drug-likeness (QED) is 0.542. The van der Waals surface area contributed by atoms with Crippen molar-refractivity contribution < 1.29 is 18.7 Å². The summed E-state index contributed by atoms with van der Waals surface area (Å²) >= 11 is 12.2. The summed E-state index contributed by atoms with van der Waals surface area (Å²) in [7, 11) is 0. The monoisotopic (exact) mass is 376 g/mol. The Bertz CT molecular complexity index is 859. The third kappa shape index (κ3) is 4.56. The molecular formula is C19H14Cl2O4. The fourth-order valence-corrected chi connectivity index (χ4v) is 2.54. The highest BCUT2D eigenvalue weighted by atomic mass is 35.5. The van der Waals surface area contributed by atoms with Crippen LogP contribution in [0, 0.1) is 0 Å². The van der Waals surface area contributed by atoms with Gasteiger partial charge in [-0.15, -0.1) is 0 Å². The van der Waals surface area contributed by atoms with Gasteiger partial charge in [0.15, 0.2) is 6.61 Å². The number of carbonyl (C=O) groups excluding carboxylic acids is 1. The highest BCUT2D eigenvalue weighted by Gasteiger charge is 2.12. The van der Waals surface area contributed by atoms with Gasteiger partial charge in [-0.1, -0.05) is 47.5 Å². The van der Waals surface area contributed by atoms with Crippen molar-refractivity contribution in [1.82, 2.24) is 0 Å². The Morgan fingerprint density at radius 2 is 1.76 bits per heavy atom. The minimum absolute atomic E-state index is 0.00910. The zero-order chi connectivity index (χ0) is 17.6. The summed E-state index contributed by atoms with van der Waals surface area (Å²) in [6.07, 6.45) is 0. The lowest BCUT2D eigenvalue weighted by Gasteiger charge is -2.06. The molecule has 1 aromatic heterocycles. The van der Waals surface area contributed by atoms with Crippen LogP contribution in [0.3, 0.4) is 0 Å². The molecule has 0 saturated carbocycles. The molecule has 0 bridgehead atoms. The number of furan rings is 1. The van der Waals surface area contributed by atoms with E-state index in [1.165, 1.54) is 0 Å². The van der Waals surface area contributed by atoms with Gasteiger partial charge in [0.2, 0.25) is 0 Å². The summed E-state index contributed by atoms with van der Waals surface area (Å²) in [5, 5.41) is 0.861. The molecule has 0 N–H and O–H groups in total. The number of hydrogen-bond donors (Lipinski definition) is 0. The van der Waals surface area contributed by atoms with E-state index in [1.807, 2.05) is 18.2 Å². The first kappa shape index (κ1) is 17.4. The number of ether oxygens (including phenoxy) is 2. The number of benzene rings is 2. The second-order valence-electron chi connectivity index (χ2n) is 5.13. The Morgan fingerprint density at radius 1 is 0.960 bits per heavy atom. The van der Waals surface area contributed by atoms with Crippen molar-refractivity contribution in [3.8, 4) is 17.1 Å². The molecule has 0 amide bonds. The highest BCUT2D eigenvalue weighted by Crippen LogP contribution is 2.34. The van der Waals surface area contributed by atoms with E-state index in [1.54, 1.807) is 42.5 Å². The van der Waals surface area contributed by atoms with E-state index in [2.05, 4.69) is 0 Å². The molecule has 0 spiro atoms. The van der Waals surface area contributed by atoms with E-state index in [0.29, 0.717) is 32.9 Å². The number of esters is 1. The number of carbonyl (C=O) groups is 1. The van der Waals surface area contributed by atoms with Gasteiger partial charge in [-0.2, -0.15) is 0 Å². The van der Waals surface area contributed by atoms with Crippen LogP contribution in [-0.2, 0) is 16.1 Å². The zero-order valence-corrected chi connectivity index (χ0v) is 14.6. The predicted molar refractivity (Wildman–Crippen MR) is 95.9 cm³/mol. The SMILES string of the molecule is O=C(COc1ccccc1)OCc1ccc(-c2cccc(Cl)c2Cl)o1. The van der Waals surface area contributed by atoms with Gasteiger partial charge in [-0.3, -0.25) is 0 Å². The van der Waals surface area contributed by atoms with Gasteiger partial charge in [0.25, 0.3) is 0 Å². The number of para-hydroxylation sites is 1. The van der Waals surface area contributed by atoms with Crippen LogP contribution in [0.2, 0.25) is 10.0 Å². The van der Waals surface area contributed by atoms with Crippen molar-refractivity contribution in [3.05, 3.63) is 76.5 Å². The summed E-state index contributed by atoms with van der Waals surface area (Å²) in [6, 6.07) is 17.8. The first-order chi connectivity index (χ1) is 12.1. The van der Waals surface area contributed by atoms with E-state index in [-0.39, 0.29) is 13.2 Å². The largest absolute Gasteiger partial charge is 0.482 e. The summed E-state index contributed by atoms with van der Waals surface area (Å²) in [6.45, 7) is -0.160. The Kier molecular flexibility index (Phi) is 5.64. The number of rotatable bonds is 6. The van der Waals surface area contributed by atoms with Gasteiger partial charge in [0, 0.05) is 5.56 Å². The van der Waals surface area contributed by atoms with E-state index >= 15 is 0 Å². The Hall–Kier alpha value is -2.43. The van der Waals surface area contributed by atoms with Crippen LogP contribution in [0.15, 0.2) is 65.1 Å². The maximum Gasteiger partial charge on any atom is 0.344 e. The molecule has 0 radical (unpaired) electrons. The van der Waals surface area contributed by atoms with Crippen molar-refractivity contribution in [2.24, 2.45) is 0 Å². The molecule has 0 aliphatic rings. The van der Waals surface area contributed by atoms with Gasteiger partial charge < -0.3 is 13.9 Å². The average Bonchev–Trinajstić information content (AvgIpc) is 3.10. The van der Waals surface area contributed by atoms with Crippen LogP contribution in [0.4, 0.5) is 0 Å². The summed E-state index contributed by atoms with van der Waals surface area (Å²) < 4.78 is 16.1. The molecule has 0 unspecified atom stereocenters. The van der Waals surface area contributed by atoms with Gasteiger partial charge in [-0.25, -0.2) is 4.79 Å². The van der Waals surface area contributed by atoms with Crippen molar-refractivity contribution in [3.63, 3.8) is 0 Å². The second-order valence-corrected chi connectivity index (χ2v) is 5.91. The minimum Gasteiger partial charge on any atom is -0.482 e. The minimum atomic E-state index is -0.484. The van der Waals surface area contributed by atoms with Gasteiger partial charge in [0.1, 0.15) is 23.9 Å². The Balaban J connectivity index is 1.55. The molecular weight excluding hydrogens is 363 g/mol. The topological polar surface area (TPSA) is 48.7 Å². The third-order valence-corrected chi connectivity index (χ3v) is 4.17. The summed E-state index contributed by atoms with van der Waals surface area (Å²) in [5.74, 6) is 1.18. The lowest BCUT2D eigenvalue weighted by molar-refractivity contribution is -0.147. The first-order valence-corrected chi connectivity index (χ1v) is 8.25. The molecule has 6 heteroatoms. The average molecular weight is 377 g/mol. The summed E-state index contributed by atoms with van der Waals surface area (Å²) in [4.78, 5) is 11.7. The van der Waals surface area contributed by atoms with Gasteiger partial charge >= 0.3 is 5.97 Å². The molecule has 0 saturated heterocycles. The third-order valence-electron chi connectivity index (χ3n) is 3.35. The van der Waals surface area contributed by atoms with Crippen molar-refractivity contribution >= 4 is 29.2 Å². The van der Waals surface area contributed by atoms with Crippen LogP contribution in [-0.4, -0.2) is 12.6 Å². The van der Waals surface area contributed by atoms with Gasteiger partial charge in [0.05, 0.1) is 10.0 Å². The maximum atomic E-state index is 11.7. The predicted octanol–water partition coefficient (Wildman–Crippen LogP) is 5.38. The van der Waals surface area contributed by atoms with E-state index < -0.39 is 5.97 Å². The molecule has 3 rings (SSSR count). The zero-order valence-electron chi connectivity index (χ0n) is 13.1. The molecule has 3 aromatic rings. The van der Waals surface area contributed by atoms with Crippen molar-refractivity contribution in [1.29, 1.82) is 0 Å². The van der Waals surface area contributed by atoms with E-state index in [9.17, 15) is 4.79 Å². The fourth-order valence-electron chi connectivity index (χ4n) is 2.15. The second kappa shape index (κ2) is 8.10. The Morgan fingerprint density at radius 3 is 2.56 bits per heavy atom.